The summed E-state index contributed by atoms with van der Waals surface area (Å²) in [5.74, 6) is -1.56. The molecule has 0 saturated carbocycles. The summed E-state index contributed by atoms with van der Waals surface area (Å²) in [7, 11) is 0. The maximum atomic E-state index is 12.9. The smallest absolute Gasteiger partial charge is 0.134 e. The van der Waals surface area contributed by atoms with Gasteiger partial charge < -0.3 is 0 Å². The van der Waals surface area contributed by atoms with Gasteiger partial charge in [0.1, 0.15) is 11.6 Å². The van der Waals surface area contributed by atoms with Gasteiger partial charge in [0.15, 0.2) is 0 Å². The lowest BCUT2D eigenvalue weighted by atomic mass is 10.2. The van der Waals surface area contributed by atoms with Crippen molar-refractivity contribution < 1.29 is 8.78 Å². The lowest BCUT2D eigenvalue weighted by Crippen LogP contribution is -1.88. The van der Waals surface area contributed by atoms with Crippen molar-refractivity contribution in [1.82, 2.24) is 0 Å². The number of nitriles is 1. The first kappa shape index (κ1) is 9.69. The van der Waals surface area contributed by atoms with Gasteiger partial charge in [0.2, 0.25) is 0 Å². The summed E-state index contributed by atoms with van der Waals surface area (Å²) in [6.07, 6.45) is 2.05. The topological polar surface area (TPSA) is 23.8 Å². The number of nitrogens with zero attached hydrogens (tertiary/aromatic N) is 1. The summed E-state index contributed by atoms with van der Waals surface area (Å²) in [6.45, 7) is 0. The Kier molecular flexibility index (Phi) is 2.99. The molecule has 1 aromatic carbocycles. The minimum atomic E-state index is -0.781. The fourth-order valence-corrected chi connectivity index (χ4v) is 1.02. The zero-order valence-electron chi connectivity index (χ0n) is 6.39. The highest BCUT2D eigenvalue weighted by Gasteiger charge is 2.06. The summed E-state index contributed by atoms with van der Waals surface area (Å²) in [5, 5.41) is 8.15. The van der Waals surface area contributed by atoms with Crippen molar-refractivity contribution >= 4 is 17.7 Å². The SMILES string of the molecule is N#CC=Cc1c(F)cc(Cl)cc1F. The Bertz CT molecular complexity index is 370. The Morgan fingerprint density at radius 1 is 1.31 bits per heavy atom. The van der Waals surface area contributed by atoms with Crippen molar-refractivity contribution in [3.8, 4) is 6.07 Å². The number of halogens is 3. The summed E-state index contributed by atoms with van der Waals surface area (Å²) in [6, 6.07) is 3.61. The molecule has 66 valence electrons. The summed E-state index contributed by atoms with van der Waals surface area (Å²) in [4.78, 5) is 0. The Balaban J connectivity index is 3.22. The molecule has 0 heterocycles. The van der Waals surface area contributed by atoms with Crippen molar-refractivity contribution in [2.45, 2.75) is 0 Å². The third-order valence-electron chi connectivity index (χ3n) is 1.37. The van der Waals surface area contributed by atoms with Gasteiger partial charge in [0.25, 0.3) is 0 Å². The van der Waals surface area contributed by atoms with Crippen molar-refractivity contribution in [2.75, 3.05) is 0 Å². The van der Waals surface area contributed by atoms with Gasteiger partial charge in [-0.1, -0.05) is 11.6 Å². The van der Waals surface area contributed by atoms with E-state index in [0.29, 0.717) is 0 Å². The summed E-state index contributed by atoms with van der Waals surface area (Å²) in [5.41, 5.74) is -0.258. The molecule has 0 atom stereocenters. The predicted molar refractivity (Wildman–Crippen MR) is 46.0 cm³/mol. The van der Waals surface area contributed by atoms with Gasteiger partial charge in [-0.05, 0) is 18.2 Å². The number of allylic oxidation sites excluding steroid dienone is 1. The Hall–Kier alpha value is -1.40. The molecule has 0 unspecified atom stereocenters. The fraction of sp³-hybridized carbons (Fsp3) is 0. The largest absolute Gasteiger partial charge is 0.206 e. The van der Waals surface area contributed by atoms with Crippen LogP contribution in [0.1, 0.15) is 5.56 Å². The number of rotatable bonds is 1. The van der Waals surface area contributed by atoms with Crippen molar-refractivity contribution in [3.63, 3.8) is 0 Å². The minimum Gasteiger partial charge on any atom is -0.206 e. The minimum absolute atomic E-state index is 0.0101. The van der Waals surface area contributed by atoms with Crippen molar-refractivity contribution in [1.29, 1.82) is 5.26 Å². The van der Waals surface area contributed by atoms with E-state index in [0.717, 1.165) is 24.3 Å². The molecule has 0 aliphatic carbocycles. The third kappa shape index (κ3) is 2.27. The van der Waals surface area contributed by atoms with Crippen LogP contribution >= 0.6 is 11.6 Å². The molecule has 0 aromatic heterocycles. The first-order valence-corrected chi connectivity index (χ1v) is 3.73. The normalized spacial score (nSPS) is 10.3. The van der Waals surface area contributed by atoms with Gasteiger partial charge in [-0.2, -0.15) is 5.26 Å². The molecule has 0 aliphatic heterocycles. The van der Waals surface area contributed by atoms with Crippen LogP contribution < -0.4 is 0 Å². The van der Waals surface area contributed by atoms with E-state index in [1.165, 1.54) is 0 Å². The second-order valence-corrected chi connectivity index (χ2v) is 2.68. The third-order valence-corrected chi connectivity index (χ3v) is 1.59. The summed E-state index contributed by atoms with van der Waals surface area (Å²) < 4.78 is 25.9. The molecule has 0 N–H and O–H groups in total. The first-order valence-electron chi connectivity index (χ1n) is 3.36. The van der Waals surface area contributed by atoms with E-state index in [9.17, 15) is 8.78 Å². The molecule has 0 amide bonds. The van der Waals surface area contributed by atoms with Crippen LogP contribution in [0, 0.1) is 23.0 Å². The van der Waals surface area contributed by atoms with Gasteiger partial charge in [0, 0.05) is 16.7 Å². The standard InChI is InChI=1S/C9H4ClF2N/c10-6-4-8(11)7(2-1-3-13)9(12)5-6/h1-2,4-5H. The van der Waals surface area contributed by atoms with Gasteiger partial charge >= 0.3 is 0 Å². The predicted octanol–water partition coefficient (Wildman–Crippen LogP) is 3.15. The van der Waals surface area contributed by atoms with Crippen LogP contribution in [0.4, 0.5) is 8.78 Å². The molecule has 0 bridgehead atoms. The molecular weight excluding hydrogens is 196 g/mol. The van der Waals surface area contributed by atoms with E-state index in [1.807, 2.05) is 0 Å². The lowest BCUT2D eigenvalue weighted by molar-refractivity contribution is 0.579. The molecule has 13 heavy (non-hydrogen) atoms. The number of hydrogen-bond donors (Lipinski definition) is 0. The first-order chi connectivity index (χ1) is 6.15. The van der Waals surface area contributed by atoms with Crippen LogP contribution in [0.25, 0.3) is 6.08 Å². The van der Waals surface area contributed by atoms with Crippen LogP contribution in [0.2, 0.25) is 5.02 Å². The van der Waals surface area contributed by atoms with E-state index in [1.54, 1.807) is 6.07 Å². The Morgan fingerprint density at radius 2 is 1.85 bits per heavy atom. The molecule has 1 nitrogen and oxygen atoms in total. The maximum absolute atomic E-state index is 12.9. The average molecular weight is 200 g/mol. The van der Waals surface area contributed by atoms with Crippen LogP contribution in [0.15, 0.2) is 18.2 Å². The van der Waals surface area contributed by atoms with Gasteiger partial charge in [-0.15, -0.1) is 0 Å². The maximum Gasteiger partial charge on any atom is 0.134 e. The van der Waals surface area contributed by atoms with Crippen LogP contribution in [-0.4, -0.2) is 0 Å². The highest BCUT2D eigenvalue weighted by Crippen LogP contribution is 2.19. The fourth-order valence-electron chi connectivity index (χ4n) is 0.833. The second-order valence-electron chi connectivity index (χ2n) is 2.25. The summed E-state index contributed by atoms with van der Waals surface area (Å²) >= 11 is 5.39. The highest BCUT2D eigenvalue weighted by molar-refractivity contribution is 6.30. The van der Waals surface area contributed by atoms with E-state index >= 15 is 0 Å². The lowest BCUT2D eigenvalue weighted by Gasteiger charge is -1.98. The Labute approximate surface area is 78.9 Å². The zero-order valence-corrected chi connectivity index (χ0v) is 7.15. The highest BCUT2D eigenvalue weighted by atomic mass is 35.5. The number of hydrogen-bond acceptors (Lipinski definition) is 1. The van der Waals surface area contributed by atoms with Gasteiger partial charge in [-0.25, -0.2) is 8.78 Å². The number of benzene rings is 1. The van der Waals surface area contributed by atoms with Gasteiger partial charge in [0.05, 0.1) is 6.07 Å². The monoisotopic (exact) mass is 199 g/mol. The van der Waals surface area contributed by atoms with E-state index in [2.05, 4.69) is 0 Å². The second kappa shape index (κ2) is 4.01. The molecule has 0 spiro atoms. The van der Waals surface area contributed by atoms with Crippen LogP contribution in [0.3, 0.4) is 0 Å². The average Bonchev–Trinajstić information content (AvgIpc) is 2.02. The van der Waals surface area contributed by atoms with Crippen molar-refractivity contribution in [3.05, 3.63) is 40.4 Å². The molecule has 0 aliphatic rings. The molecule has 0 fully saturated rings. The van der Waals surface area contributed by atoms with Crippen LogP contribution in [0.5, 0.6) is 0 Å². The quantitative estimate of drug-likeness (QED) is 0.638. The van der Waals surface area contributed by atoms with E-state index in [-0.39, 0.29) is 10.6 Å². The van der Waals surface area contributed by atoms with Gasteiger partial charge in [-0.3, -0.25) is 0 Å². The van der Waals surface area contributed by atoms with E-state index in [4.69, 9.17) is 16.9 Å². The molecule has 4 heteroatoms. The zero-order chi connectivity index (χ0) is 9.84. The molecule has 0 radical (unpaired) electrons. The van der Waals surface area contributed by atoms with Crippen LogP contribution in [-0.2, 0) is 0 Å². The molecule has 0 saturated heterocycles. The molecular formula is C9H4ClF2N. The molecule has 1 aromatic rings. The van der Waals surface area contributed by atoms with E-state index < -0.39 is 11.6 Å². The molecule has 1 rings (SSSR count). The Morgan fingerprint density at radius 3 is 2.31 bits per heavy atom. The van der Waals surface area contributed by atoms with Crippen molar-refractivity contribution in [2.24, 2.45) is 0 Å².